The van der Waals surface area contributed by atoms with Gasteiger partial charge in [-0.3, -0.25) is 9.59 Å². The third kappa shape index (κ3) is 1.26. The van der Waals surface area contributed by atoms with Crippen LogP contribution in [-0.4, -0.2) is 16.9 Å². The van der Waals surface area contributed by atoms with Crippen LogP contribution in [0.15, 0.2) is 0 Å². The van der Waals surface area contributed by atoms with Crippen molar-refractivity contribution in [3.63, 3.8) is 0 Å². The minimum absolute atomic E-state index is 0.150. The number of carboxylic acids is 1. The number of aliphatic carboxylic acids is 1. The molecule has 3 rings (SSSR count). The van der Waals surface area contributed by atoms with Crippen molar-refractivity contribution in [2.75, 3.05) is 0 Å². The summed E-state index contributed by atoms with van der Waals surface area (Å²) < 4.78 is 0. The van der Waals surface area contributed by atoms with Crippen molar-refractivity contribution in [2.45, 2.75) is 44.9 Å². The van der Waals surface area contributed by atoms with Gasteiger partial charge in [-0.15, -0.1) is 0 Å². The van der Waals surface area contributed by atoms with Crippen LogP contribution in [0.3, 0.4) is 0 Å². The Morgan fingerprint density at radius 3 is 2.50 bits per heavy atom. The van der Waals surface area contributed by atoms with Crippen LogP contribution in [0.1, 0.15) is 44.9 Å². The fraction of sp³-hybridized carbons (Fsp3) is 0.846. The van der Waals surface area contributed by atoms with Gasteiger partial charge in [0.25, 0.3) is 0 Å². The Hall–Kier alpha value is -0.860. The minimum Gasteiger partial charge on any atom is -0.481 e. The molecule has 0 radical (unpaired) electrons. The molecule has 3 saturated carbocycles. The molecule has 3 heteroatoms. The van der Waals surface area contributed by atoms with E-state index >= 15 is 0 Å². The number of rotatable bonds is 1. The topological polar surface area (TPSA) is 54.4 Å². The van der Waals surface area contributed by atoms with E-state index in [-0.39, 0.29) is 11.3 Å². The summed E-state index contributed by atoms with van der Waals surface area (Å²) >= 11 is 0. The molecule has 3 aliphatic carbocycles. The average Bonchev–Trinajstić information content (AvgIpc) is 2.89. The Labute approximate surface area is 95.2 Å². The molecule has 0 aliphatic heterocycles. The molecule has 16 heavy (non-hydrogen) atoms. The van der Waals surface area contributed by atoms with Gasteiger partial charge in [0.1, 0.15) is 5.78 Å². The van der Waals surface area contributed by atoms with E-state index in [1.807, 2.05) is 0 Å². The van der Waals surface area contributed by atoms with Gasteiger partial charge < -0.3 is 5.11 Å². The molecule has 88 valence electrons. The number of carbonyl (C=O) groups excluding carboxylic acids is 1. The minimum atomic E-state index is -0.648. The van der Waals surface area contributed by atoms with Gasteiger partial charge in [0.05, 0.1) is 5.92 Å². The summed E-state index contributed by atoms with van der Waals surface area (Å²) in [6.45, 7) is 0. The Bertz CT molecular complexity index is 339. The molecule has 0 aromatic carbocycles. The zero-order valence-corrected chi connectivity index (χ0v) is 9.45. The predicted molar refractivity (Wildman–Crippen MR) is 57.9 cm³/mol. The first-order valence-corrected chi connectivity index (χ1v) is 6.41. The summed E-state index contributed by atoms with van der Waals surface area (Å²) in [6.07, 6.45) is 6.56. The van der Waals surface area contributed by atoms with Crippen molar-refractivity contribution in [3.05, 3.63) is 0 Å². The van der Waals surface area contributed by atoms with E-state index in [0.29, 0.717) is 17.6 Å². The third-order valence-electron chi connectivity index (χ3n) is 5.20. The molecule has 0 aromatic heterocycles. The Balaban J connectivity index is 1.70. The van der Waals surface area contributed by atoms with E-state index in [4.69, 9.17) is 5.11 Å². The summed E-state index contributed by atoms with van der Waals surface area (Å²) in [7, 11) is 0. The molecule has 2 atom stereocenters. The quantitative estimate of drug-likeness (QED) is 0.740. The predicted octanol–water partition coefficient (Wildman–Crippen LogP) is 2.25. The molecule has 0 bridgehead atoms. The van der Waals surface area contributed by atoms with Gasteiger partial charge in [-0.25, -0.2) is 0 Å². The van der Waals surface area contributed by atoms with Crippen LogP contribution in [0.25, 0.3) is 0 Å². The average molecular weight is 222 g/mol. The molecule has 0 amide bonds. The largest absolute Gasteiger partial charge is 0.481 e. The van der Waals surface area contributed by atoms with Crippen molar-refractivity contribution in [3.8, 4) is 0 Å². The highest BCUT2D eigenvalue weighted by atomic mass is 16.4. The van der Waals surface area contributed by atoms with Gasteiger partial charge in [-0.1, -0.05) is 0 Å². The van der Waals surface area contributed by atoms with E-state index in [1.165, 1.54) is 6.42 Å². The second-order valence-corrected chi connectivity index (χ2v) is 5.79. The lowest BCUT2D eigenvalue weighted by atomic mass is 9.77. The zero-order chi connectivity index (χ0) is 11.3. The van der Waals surface area contributed by atoms with Gasteiger partial charge in [0.2, 0.25) is 0 Å². The molecule has 1 N–H and O–H groups in total. The van der Waals surface area contributed by atoms with Gasteiger partial charge in [-0.05, 0) is 49.9 Å². The van der Waals surface area contributed by atoms with Crippen molar-refractivity contribution in [1.29, 1.82) is 0 Å². The highest BCUT2D eigenvalue weighted by Crippen LogP contribution is 2.70. The van der Waals surface area contributed by atoms with Crippen LogP contribution < -0.4 is 0 Å². The first-order valence-electron chi connectivity index (χ1n) is 6.41. The number of hydrogen-bond donors (Lipinski definition) is 1. The monoisotopic (exact) mass is 222 g/mol. The second kappa shape index (κ2) is 3.31. The molecular weight excluding hydrogens is 204 g/mol. The zero-order valence-electron chi connectivity index (χ0n) is 9.45. The van der Waals surface area contributed by atoms with Crippen LogP contribution in [0, 0.1) is 23.2 Å². The summed E-state index contributed by atoms with van der Waals surface area (Å²) in [4.78, 5) is 22.7. The van der Waals surface area contributed by atoms with E-state index in [1.54, 1.807) is 0 Å². The van der Waals surface area contributed by atoms with Gasteiger partial charge in [0, 0.05) is 12.3 Å². The number of carbonyl (C=O) groups is 2. The Morgan fingerprint density at radius 2 is 1.94 bits per heavy atom. The Morgan fingerprint density at radius 1 is 1.25 bits per heavy atom. The lowest BCUT2D eigenvalue weighted by Crippen LogP contribution is -2.24. The van der Waals surface area contributed by atoms with E-state index in [2.05, 4.69) is 0 Å². The molecule has 1 spiro atoms. The highest BCUT2D eigenvalue weighted by Gasteiger charge is 2.67. The normalized spacial score (nSPS) is 46.5. The summed E-state index contributed by atoms with van der Waals surface area (Å²) in [6, 6.07) is 0. The highest BCUT2D eigenvalue weighted by molar-refractivity contribution is 5.86. The number of carboxylic acid groups (broad SMARTS) is 1. The number of Topliss-reactive ketones (excluding diaryl/α,β-unsaturated/α-hetero) is 1. The second-order valence-electron chi connectivity index (χ2n) is 5.79. The van der Waals surface area contributed by atoms with Gasteiger partial charge in [-0.2, -0.15) is 0 Å². The molecule has 3 fully saturated rings. The van der Waals surface area contributed by atoms with Crippen LogP contribution in [0.2, 0.25) is 0 Å². The lowest BCUT2D eigenvalue weighted by molar-refractivity contribution is -0.143. The summed E-state index contributed by atoms with van der Waals surface area (Å²) in [5.41, 5.74) is 0.250. The van der Waals surface area contributed by atoms with Crippen molar-refractivity contribution in [1.82, 2.24) is 0 Å². The maximum Gasteiger partial charge on any atom is 0.306 e. The van der Waals surface area contributed by atoms with E-state index < -0.39 is 5.97 Å². The van der Waals surface area contributed by atoms with E-state index in [0.717, 1.165) is 38.5 Å². The molecule has 3 aliphatic rings. The summed E-state index contributed by atoms with van der Waals surface area (Å²) in [5, 5.41) is 8.97. The number of fused-ring (bicyclic) bond motifs is 3. The van der Waals surface area contributed by atoms with Crippen molar-refractivity contribution < 1.29 is 14.7 Å². The number of ketones is 1. The van der Waals surface area contributed by atoms with Gasteiger partial charge in [0.15, 0.2) is 0 Å². The maximum atomic E-state index is 11.8. The van der Waals surface area contributed by atoms with Crippen LogP contribution in [0.5, 0.6) is 0 Å². The molecule has 3 nitrogen and oxygen atoms in total. The first kappa shape index (κ1) is 10.3. The van der Waals surface area contributed by atoms with Gasteiger partial charge >= 0.3 is 5.97 Å². The van der Waals surface area contributed by atoms with Crippen LogP contribution in [0.4, 0.5) is 0 Å². The third-order valence-corrected chi connectivity index (χ3v) is 5.20. The van der Waals surface area contributed by atoms with E-state index in [9.17, 15) is 9.59 Å². The molecule has 2 unspecified atom stereocenters. The first-order chi connectivity index (χ1) is 7.65. The van der Waals surface area contributed by atoms with Crippen LogP contribution >= 0.6 is 0 Å². The van der Waals surface area contributed by atoms with Crippen LogP contribution in [-0.2, 0) is 9.59 Å². The maximum absolute atomic E-state index is 11.8. The fourth-order valence-corrected chi connectivity index (χ4v) is 4.31. The smallest absolute Gasteiger partial charge is 0.306 e. The van der Waals surface area contributed by atoms with Crippen molar-refractivity contribution >= 4 is 11.8 Å². The molecule has 0 heterocycles. The SMILES string of the molecule is O=C(O)C1CCC2(CC1)C1CCCC(=O)C12. The molecule has 0 saturated heterocycles. The number of hydrogen-bond acceptors (Lipinski definition) is 2. The molecule has 0 aromatic rings. The van der Waals surface area contributed by atoms with Crippen molar-refractivity contribution in [2.24, 2.45) is 23.2 Å². The molecular formula is C13H18O3. The lowest BCUT2D eigenvalue weighted by Gasteiger charge is -2.27. The Kier molecular flexibility index (Phi) is 2.13. The standard InChI is InChI=1S/C13H18O3/c14-10-3-1-2-9-11(10)13(9)6-4-8(5-7-13)12(15)16/h8-9,11H,1-7H2,(H,15,16). The fourth-order valence-electron chi connectivity index (χ4n) is 4.31. The summed E-state index contributed by atoms with van der Waals surface area (Å²) in [5.74, 6) is 0.595.